The second-order valence-electron chi connectivity index (χ2n) is 4.37. The Balaban J connectivity index is 2.01. The zero-order chi connectivity index (χ0) is 11.1. The van der Waals surface area contributed by atoms with Crippen LogP contribution < -0.4 is 5.32 Å². The highest BCUT2D eigenvalue weighted by atomic mass is 32.2. The lowest BCUT2D eigenvalue weighted by molar-refractivity contribution is -0.143. The van der Waals surface area contributed by atoms with Crippen molar-refractivity contribution in [2.75, 3.05) is 19.3 Å². The zero-order valence-corrected chi connectivity index (χ0v) is 9.89. The average Bonchev–Trinajstić information content (AvgIpc) is 2.94. The fourth-order valence-electron chi connectivity index (χ4n) is 1.92. The molecule has 0 radical (unpaired) electrons. The first kappa shape index (κ1) is 10.8. The Morgan fingerprint density at radius 3 is 2.73 bits per heavy atom. The number of hydrogen-bond acceptors (Lipinski definition) is 3. The highest BCUT2D eigenvalue weighted by molar-refractivity contribution is 8.00. The quantitative estimate of drug-likeness (QED) is 0.752. The van der Waals surface area contributed by atoms with Gasteiger partial charge in [-0.15, -0.1) is 0 Å². The van der Waals surface area contributed by atoms with Gasteiger partial charge in [0.05, 0.1) is 6.54 Å². The monoisotopic (exact) mass is 228 g/mol. The Bertz CT molecular complexity index is 302. The van der Waals surface area contributed by atoms with Crippen LogP contribution in [-0.2, 0) is 9.59 Å². The van der Waals surface area contributed by atoms with Crippen LogP contribution in [0.3, 0.4) is 0 Å². The zero-order valence-electron chi connectivity index (χ0n) is 9.08. The summed E-state index contributed by atoms with van der Waals surface area (Å²) in [4.78, 5) is 24.8. The molecule has 15 heavy (non-hydrogen) atoms. The SMILES string of the molecule is CSC1(CN2CC(=O)NC(C)C2=O)CC1. The van der Waals surface area contributed by atoms with Crippen LogP contribution in [0.2, 0.25) is 0 Å². The Morgan fingerprint density at radius 1 is 1.53 bits per heavy atom. The van der Waals surface area contributed by atoms with Crippen molar-refractivity contribution in [1.82, 2.24) is 10.2 Å². The van der Waals surface area contributed by atoms with E-state index in [0.29, 0.717) is 0 Å². The summed E-state index contributed by atoms with van der Waals surface area (Å²) in [6, 6.07) is -0.357. The third-order valence-corrected chi connectivity index (χ3v) is 4.52. The van der Waals surface area contributed by atoms with Crippen molar-refractivity contribution in [2.24, 2.45) is 0 Å². The second-order valence-corrected chi connectivity index (χ2v) is 5.64. The molecule has 4 nitrogen and oxygen atoms in total. The number of amides is 2. The lowest BCUT2D eigenvalue weighted by atomic mass is 10.2. The Labute approximate surface area is 93.8 Å². The molecule has 1 heterocycles. The standard InChI is InChI=1S/C10H16N2O2S/c1-7-9(14)12(5-8(13)11-7)6-10(15-2)3-4-10/h7H,3-6H2,1-2H3,(H,11,13). The Hall–Kier alpha value is -0.710. The molecule has 5 heteroatoms. The molecule has 1 unspecified atom stereocenters. The van der Waals surface area contributed by atoms with Gasteiger partial charge < -0.3 is 10.2 Å². The van der Waals surface area contributed by atoms with Gasteiger partial charge in [0, 0.05) is 11.3 Å². The topological polar surface area (TPSA) is 49.4 Å². The van der Waals surface area contributed by atoms with E-state index >= 15 is 0 Å². The molecular weight excluding hydrogens is 212 g/mol. The van der Waals surface area contributed by atoms with E-state index in [2.05, 4.69) is 11.6 Å². The van der Waals surface area contributed by atoms with Crippen molar-refractivity contribution < 1.29 is 9.59 Å². The maximum absolute atomic E-state index is 11.8. The molecule has 2 fully saturated rings. The van der Waals surface area contributed by atoms with Crippen LogP contribution in [0.4, 0.5) is 0 Å². The third kappa shape index (κ3) is 2.12. The van der Waals surface area contributed by atoms with E-state index in [0.717, 1.165) is 19.4 Å². The molecule has 0 aromatic heterocycles. The van der Waals surface area contributed by atoms with Gasteiger partial charge in [-0.05, 0) is 26.0 Å². The molecule has 2 aliphatic rings. The van der Waals surface area contributed by atoms with Gasteiger partial charge >= 0.3 is 0 Å². The van der Waals surface area contributed by atoms with E-state index in [1.165, 1.54) is 0 Å². The van der Waals surface area contributed by atoms with Crippen LogP contribution in [0.1, 0.15) is 19.8 Å². The summed E-state index contributed by atoms with van der Waals surface area (Å²) >= 11 is 1.81. The first-order chi connectivity index (χ1) is 7.06. The lowest BCUT2D eigenvalue weighted by Crippen LogP contribution is -2.58. The van der Waals surface area contributed by atoms with Gasteiger partial charge in [0.25, 0.3) is 0 Å². The van der Waals surface area contributed by atoms with E-state index in [1.54, 1.807) is 11.8 Å². The number of rotatable bonds is 3. The predicted octanol–water partition coefficient (Wildman–Crippen LogP) is 0.229. The van der Waals surface area contributed by atoms with Gasteiger partial charge in [0.2, 0.25) is 11.8 Å². The van der Waals surface area contributed by atoms with Crippen LogP contribution in [0, 0.1) is 0 Å². The number of thioether (sulfide) groups is 1. The molecule has 1 saturated carbocycles. The fourth-order valence-corrected chi connectivity index (χ4v) is 2.72. The minimum absolute atomic E-state index is 0.0426. The molecule has 1 aliphatic heterocycles. The average molecular weight is 228 g/mol. The summed E-state index contributed by atoms with van der Waals surface area (Å²) in [5.41, 5.74) is 0. The largest absolute Gasteiger partial charge is 0.343 e. The summed E-state index contributed by atoms with van der Waals surface area (Å²) in [5, 5.41) is 2.65. The molecule has 84 valence electrons. The van der Waals surface area contributed by atoms with Crippen LogP contribution in [0.15, 0.2) is 0 Å². The summed E-state index contributed by atoms with van der Waals surface area (Å²) in [6.45, 7) is 2.70. The van der Waals surface area contributed by atoms with Crippen molar-refractivity contribution >= 4 is 23.6 Å². The van der Waals surface area contributed by atoms with Crippen LogP contribution in [0.5, 0.6) is 0 Å². The van der Waals surface area contributed by atoms with Gasteiger partial charge in [-0.2, -0.15) is 11.8 Å². The number of nitrogens with zero attached hydrogens (tertiary/aromatic N) is 1. The lowest BCUT2D eigenvalue weighted by Gasteiger charge is -2.33. The van der Waals surface area contributed by atoms with Crippen molar-refractivity contribution in [1.29, 1.82) is 0 Å². The van der Waals surface area contributed by atoms with Crippen LogP contribution >= 0.6 is 11.8 Å². The molecule has 1 atom stereocenters. The smallest absolute Gasteiger partial charge is 0.245 e. The molecule has 0 spiro atoms. The number of hydrogen-bond donors (Lipinski definition) is 1. The van der Waals surface area contributed by atoms with Crippen molar-refractivity contribution in [2.45, 2.75) is 30.6 Å². The first-order valence-electron chi connectivity index (χ1n) is 5.20. The Kier molecular flexibility index (Phi) is 2.66. The fraction of sp³-hybridized carbons (Fsp3) is 0.800. The molecule has 0 aromatic rings. The van der Waals surface area contributed by atoms with E-state index < -0.39 is 0 Å². The predicted molar refractivity (Wildman–Crippen MR) is 59.7 cm³/mol. The number of carbonyl (C=O) groups excluding carboxylic acids is 2. The van der Waals surface area contributed by atoms with Gasteiger partial charge in [-0.3, -0.25) is 9.59 Å². The first-order valence-corrected chi connectivity index (χ1v) is 6.42. The summed E-state index contributed by atoms with van der Waals surface area (Å²) in [5.74, 6) is 0.00827. The molecular formula is C10H16N2O2S. The Morgan fingerprint density at radius 2 is 2.20 bits per heavy atom. The van der Waals surface area contributed by atoms with E-state index in [-0.39, 0.29) is 29.1 Å². The molecule has 1 saturated heterocycles. The minimum atomic E-state index is -0.357. The highest BCUT2D eigenvalue weighted by Gasteiger charge is 2.45. The van der Waals surface area contributed by atoms with Crippen molar-refractivity contribution in [3.8, 4) is 0 Å². The molecule has 2 rings (SSSR count). The molecule has 0 aromatic carbocycles. The van der Waals surface area contributed by atoms with Crippen LogP contribution in [0.25, 0.3) is 0 Å². The molecule has 1 aliphatic carbocycles. The molecule has 1 N–H and O–H groups in total. The van der Waals surface area contributed by atoms with Crippen molar-refractivity contribution in [3.63, 3.8) is 0 Å². The van der Waals surface area contributed by atoms with E-state index in [1.807, 2.05) is 11.8 Å². The normalized spacial score (nSPS) is 28.9. The number of nitrogens with one attached hydrogen (secondary N) is 1. The van der Waals surface area contributed by atoms with Gasteiger partial charge in [-0.1, -0.05) is 0 Å². The third-order valence-electron chi connectivity index (χ3n) is 3.11. The summed E-state index contributed by atoms with van der Waals surface area (Å²) < 4.78 is 0.243. The second kappa shape index (κ2) is 3.70. The van der Waals surface area contributed by atoms with E-state index in [9.17, 15) is 9.59 Å². The number of piperazine rings is 1. The summed E-state index contributed by atoms with van der Waals surface area (Å²) in [6.07, 6.45) is 4.40. The van der Waals surface area contributed by atoms with Gasteiger partial charge in [0.15, 0.2) is 0 Å². The van der Waals surface area contributed by atoms with E-state index in [4.69, 9.17) is 0 Å². The molecule has 0 bridgehead atoms. The van der Waals surface area contributed by atoms with Crippen LogP contribution in [-0.4, -0.2) is 46.8 Å². The highest BCUT2D eigenvalue weighted by Crippen LogP contribution is 2.47. The molecule has 2 amide bonds. The maximum atomic E-state index is 11.8. The summed E-state index contributed by atoms with van der Waals surface area (Å²) in [7, 11) is 0. The minimum Gasteiger partial charge on any atom is -0.343 e. The van der Waals surface area contributed by atoms with Gasteiger partial charge in [0.1, 0.15) is 6.04 Å². The van der Waals surface area contributed by atoms with Gasteiger partial charge in [-0.25, -0.2) is 0 Å². The van der Waals surface area contributed by atoms with Crippen molar-refractivity contribution in [3.05, 3.63) is 0 Å². The maximum Gasteiger partial charge on any atom is 0.245 e. The number of carbonyl (C=O) groups is 2.